The predicted molar refractivity (Wildman–Crippen MR) is 82.7 cm³/mol. The van der Waals surface area contributed by atoms with Gasteiger partial charge in [-0.3, -0.25) is 0 Å². The standard InChI is InChI=1S/C14H21N5OS/c1-10-9-19-14(16-10)21-12(18-19)7-8-15-13(20)17-11-5-3-2-4-6-11/h9,11H,2-8H2,1H3,(H2,15,17,20). The lowest BCUT2D eigenvalue weighted by Crippen LogP contribution is -2.43. The van der Waals surface area contributed by atoms with E-state index >= 15 is 0 Å². The highest BCUT2D eigenvalue weighted by molar-refractivity contribution is 7.16. The summed E-state index contributed by atoms with van der Waals surface area (Å²) in [5, 5.41) is 11.4. The van der Waals surface area contributed by atoms with Crippen LogP contribution >= 0.6 is 11.3 Å². The van der Waals surface area contributed by atoms with E-state index in [2.05, 4.69) is 20.7 Å². The molecule has 21 heavy (non-hydrogen) atoms. The first-order chi connectivity index (χ1) is 10.2. The molecule has 0 atom stereocenters. The lowest BCUT2D eigenvalue weighted by Gasteiger charge is -2.22. The molecule has 2 aromatic heterocycles. The normalized spacial score (nSPS) is 16.2. The number of carbonyl (C=O) groups excluding carboxylic acids is 1. The Morgan fingerprint density at radius 2 is 2.24 bits per heavy atom. The second-order valence-electron chi connectivity index (χ2n) is 5.59. The molecule has 7 heteroatoms. The molecule has 2 N–H and O–H groups in total. The van der Waals surface area contributed by atoms with Crippen LogP contribution in [0.15, 0.2) is 6.20 Å². The van der Waals surface area contributed by atoms with Crippen LogP contribution in [-0.2, 0) is 6.42 Å². The zero-order chi connectivity index (χ0) is 14.7. The van der Waals surface area contributed by atoms with Crippen LogP contribution in [0.4, 0.5) is 4.79 Å². The van der Waals surface area contributed by atoms with Gasteiger partial charge in [-0.15, -0.1) is 0 Å². The molecule has 0 aromatic carbocycles. The van der Waals surface area contributed by atoms with Crippen molar-refractivity contribution >= 4 is 22.3 Å². The first-order valence-electron chi connectivity index (χ1n) is 7.57. The monoisotopic (exact) mass is 307 g/mol. The first kappa shape index (κ1) is 14.3. The van der Waals surface area contributed by atoms with Gasteiger partial charge in [-0.05, 0) is 19.8 Å². The molecular weight excluding hydrogens is 286 g/mol. The summed E-state index contributed by atoms with van der Waals surface area (Å²) in [6.45, 7) is 2.56. The number of fused-ring (bicyclic) bond motifs is 1. The molecule has 1 saturated carbocycles. The van der Waals surface area contributed by atoms with E-state index in [-0.39, 0.29) is 6.03 Å². The minimum atomic E-state index is -0.0564. The Morgan fingerprint density at radius 1 is 1.43 bits per heavy atom. The van der Waals surface area contributed by atoms with Gasteiger partial charge in [0.2, 0.25) is 4.96 Å². The second-order valence-corrected chi connectivity index (χ2v) is 6.63. The van der Waals surface area contributed by atoms with Gasteiger partial charge in [0.25, 0.3) is 0 Å². The highest BCUT2D eigenvalue weighted by Crippen LogP contribution is 2.17. The first-order valence-corrected chi connectivity index (χ1v) is 8.38. The van der Waals surface area contributed by atoms with Crippen molar-refractivity contribution in [2.45, 2.75) is 51.5 Å². The maximum atomic E-state index is 11.8. The molecule has 3 rings (SSSR count). The van der Waals surface area contributed by atoms with Gasteiger partial charge in [-0.2, -0.15) is 5.10 Å². The maximum Gasteiger partial charge on any atom is 0.315 e. The Labute approximate surface area is 128 Å². The Balaban J connectivity index is 1.42. The molecule has 1 fully saturated rings. The van der Waals surface area contributed by atoms with Crippen molar-refractivity contribution in [1.29, 1.82) is 0 Å². The highest BCUT2D eigenvalue weighted by atomic mass is 32.1. The van der Waals surface area contributed by atoms with Crippen LogP contribution in [0.3, 0.4) is 0 Å². The van der Waals surface area contributed by atoms with Gasteiger partial charge < -0.3 is 10.6 Å². The zero-order valence-corrected chi connectivity index (χ0v) is 13.1. The molecule has 114 valence electrons. The quantitative estimate of drug-likeness (QED) is 0.910. The fourth-order valence-electron chi connectivity index (χ4n) is 2.72. The van der Waals surface area contributed by atoms with E-state index in [9.17, 15) is 4.79 Å². The van der Waals surface area contributed by atoms with Crippen LogP contribution in [0.5, 0.6) is 0 Å². The summed E-state index contributed by atoms with van der Waals surface area (Å²) in [5.41, 5.74) is 0.977. The van der Waals surface area contributed by atoms with Crippen molar-refractivity contribution in [2.24, 2.45) is 0 Å². The SMILES string of the molecule is Cc1cn2nc(CCNC(=O)NC3CCCCC3)sc2n1. The van der Waals surface area contributed by atoms with Gasteiger partial charge >= 0.3 is 6.03 Å². The van der Waals surface area contributed by atoms with Gasteiger partial charge in [0.15, 0.2) is 0 Å². The Hall–Kier alpha value is -1.63. The molecule has 0 spiro atoms. The van der Waals surface area contributed by atoms with E-state index in [1.165, 1.54) is 19.3 Å². The van der Waals surface area contributed by atoms with Crippen molar-refractivity contribution in [2.75, 3.05) is 6.54 Å². The number of urea groups is 1. The van der Waals surface area contributed by atoms with Crippen LogP contribution in [-0.4, -0.2) is 33.2 Å². The number of nitrogens with one attached hydrogen (secondary N) is 2. The zero-order valence-electron chi connectivity index (χ0n) is 12.3. The van der Waals surface area contributed by atoms with Crippen LogP contribution in [0.1, 0.15) is 42.8 Å². The lowest BCUT2D eigenvalue weighted by atomic mass is 9.96. The third kappa shape index (κ3) is 3.72. The molecule has 1 aliphatic rings. The molecule has 2 heterocycles. The molecule has 0 radical (unpaired) electrons. The van der Waals surface area contributed by atoms with Crippen LogP contribution < -0.4 is 10.6 Å². The number of hydrogen-bond donors (Lipinski definition) is 2. The number of nitrogens with zero attached hydrogens (tertiary/aromatic N) is 3. The fraction of sp³-hybridized carbons (Fsp3) is 0.643. The van der Waals surface area contributed by atoms with Crippen molar-refractivity contribution in [1.82, 2.24) is 25.2 Å². The average molecular weight is 307 g/mol. The third-order valence-electron chi connectivity index (χ3n) is 3.77. The summed E-state index contributed by atoms with van der Waals surface area (Å²) in [4.78, 5) is 17.1. The minimum absolute atomic E-state index is 0.0564. The summed E-state index contributed by atoms with van der Waals surface area (Å²) < 4.78 is 1.80. The van der Waals surface area contributed by atoms with Crippen molar-refractivity contribution in [3.05, 3.63) is 16.9 Å². The molecule has 0 bridgehead atoms. The average Bonchev–Trinajstić information content (AvgIpc) is 2.96. The van der Waals surface area contributed by atoms with Gasteiger partial charge in [-0.25, -0.2) is 14.3 Å². The minimum Gasteiger partial charge on any atom is -0.338 e. The Morgan fingerprint density at radius 3 is 3.00 bits per heavy atom. The summed E-state index contributed by atoms with van der Waals surface area (Å²) in [5.74, 6) is 0. The topological polar surface area (TPSA) is 71.3 Å². The van der Waals surface area contributed by atoms with Crippen molar-refractivity contribution < 1.29 is 4.79 Å². The summed E-state index contributed by atoms with van der Waals surface area (Å²) in [6, 6.07) is 0.295. The van der Waals surface area contributed by atoms with E-state index in [1.54, 1.807) is 15.9 Å². The molecule has 0 unspecified atom stereocenters. The van der Waals surface area contributed by atoms with Crippen LogP contribution in [0.25, 0.3) is 4.96 Å². The number of aryl methyl sites for hydroxylation is 1. The predicted octanol–water partition coefficient (Wildman–Crippen LogP) is 2.27. The lowest BCUT2D eigenvalue weighted by molar-refractivity contribution is 0.233. The highest BCUT2D eigenvalue weighted by Gasteiger charge is 2.15. The number of aromatic nitrogens is 3. The molecular formula is C14H21N5OS. The third-order valence-corrected chi connectivity index (χ3v) is 4.75. The van der Waals surface area contributed by atoms with Gasteiger partial charge in [0.05, 0.1) is 11.9 Å². The molecule has 6 nitrogen and oxygen atoms in total. The number of hydrogen-bond acceptors (Lipinski definition) is 4. The fourth-order valence-corrected chi connectivity index (χ4v) is 3.64. The summed E-state index contributed by atoms with van der Waals surface area (Å²) in [6.07, 6.45) is 8.62. The Bertz CT molecular complexity index is 582. The van der Waals surface area contributed by atoms with E-state index in [4.69, 9.17) is 0 Å². The van der Waals surface area contributed by atoms with Gasteiger partial charge in [0.1, 0.15) is 5.01 Å². The van der Waals surface area contributed by atoms with Gasteiger partial charge in [0, 0.05) is 19.0 Å². The summed E-state index contributed by atoms with van der Waals surface area (Å²) >= 11 is 1.57. The van der Waals surface area contributed by atoms with E-state index < -0.39 is 0 Å². The number of rotatable bonds is 4. The van der Waals surface area contributed by atoms with Crippen LogP contribution in [0.2, 0.25) is 0 Å². The molecule has 2 aromatic rings. The maximum absolute atomic E-state index is 11.8. The number of imidazole rings is 1. The smallest absolute Gasteiger partial charge is 0.315 e. The van der Waals surface area contributed by atoms with Crippen molar-refractivity contribution in [3.63, 3.8) is 0 Å². The van der Waals surface area contributed by atoms with Gasteiger partial charge in [-0.1, -0.05) is 30.6 Å². The molecule has 0 saturated heterocycles. The van der Waals surface area contributed by atoms with E-state index in [1.807, 2.05) is 13.1 Å². The number of carbonyl (C=O) groups is 1. The van der Waals surface area contributed by atoms with Crippen LogP contribution in [0, 0.1) is 6.92 Å². The molecule has 0 aliphatic heterocycles. The largest absolute Gasteiger partial charge is 0.338 e. The summed E-state index contributed by atoms with van der Waals surface area (Å²) in [7, 11) is 0. The molecule has 1 aliphatic carbocycles. The van der Waals surface area contributed by atoms with E-state index in [0.717, 1.165) is 34.9 Å². The second kappa shape index (κ2) is 6.43. The number of amides is 2. The molecule has 2 amide bonds. The van der Waals surface area contributed by atoms with Crippen molar-refractivity contribution in [3.8, 4) is 0 Å². The van der Waals surface area contributed by atoms with E-state index in [0.29, 0.717) is 12.6 Å². The Kier molecular flexibility index (Phi) is 4.38.